The lowest BCUT2D eigenvalue weighted by molar-refractivity contribution is -0.173. The Kier molecular flexibility index (Phi) is 4.92. The molecule has 7 heteroatoms. The number of rotatable bonds is 2. The summed E-state index contributed by atoms with van der Waals surface area (Å²) in [5.41, 5.74) is 0.179. The number of urea groups is 1. The maximum atomic E-state index is 13.3. The number of nitrogens with zero attached hydrogens (tertiary/aromatic N) is 2. The van der Waals surface area contributed by atoms with Crippen molar-refractivity contribution in [3.8, 4) is 5.75 Å². The third-order valence-corrected chi connectivity index (χ3v) is 8.11. The summed E-state index contributed by atoms with van der Waals surface area (Å²) in [6.07, 6.45) is 2.96. The van der Waals surface area contributed by atoms with Gasteiger partial charge in [0.15, 0.2) is 0 Å². The Morgan fingerprint density at radius 3 is 2.58 bits per heavy atom. The molecule has 1 saturated carbocycles. The van der Waals surface area contributed by atoms with E-state index >= 15 is 0 Å². The molecule has 3 saturated heterocycles. The highest BCUT2D eigenvalue weighted by Gasteiger charge is 2.55. The van der Waals surface area contributed by atoms with Gasteiger partial charge in [-0.25, -0.2) is 4.79 Å². The van der Waals surface area contributed by atoms with Gasteiger partial charge in [-0.1, -0.05) is 18.2 Å². The average molecular weight is 428 g/mol. The van der Waals surface area contributed by atoms with Gasteiger partial charge in [-0.3, -0.25) is 4.79 Å². The molecule has 168 valence electrons. The van der Waals surface area contributed by atoms with Crippen LogP contribution in [0.2, 0.25) is 0 Å². The molecule has 1 aliphatic carbocycles. The van der Waals surface area contributed by atoms with Crippen molar-refractivity contribution in [2.45, 2.75) is 57.3 Å². The van der Waals surface area contributed by atoms with Crippen molar-refractivity contribution in [1.29, 1.82) is 0 Å². The highest BCUT2D eigenvalue weighted by molar-refractivity contribution is 5.80. The second kappa shape index (κ2) is 7.40. The maximum absolute atomic E-state index is 13.3. The zero-order chi connectivity index (χ0) is 21.8. The first-order valence-electron chi connectivity index (χ1n) is 11.5. The molecule has 31 heavy (non-hydrogen) atoms. The summed E-state index contributed by atoms with van der Waals surface area (Å²) in [6.45, 7) is 8.95. The number of aryl methyl sites for hydroxylation is 1. The Bertz CT molecular complexity index is 877. The molecule has 0 bridgehead atoms. The molecular weight excluding hydrogens is 394 g/mol. The Morgan fingerprint density at radius 2 is 1.87 bits per heavy atom. The van der Waals surface area contributed by atoms with Crippen molar-refractivity contribution in [3.63, 3.8) is 0 Å². The predicted octanol–water partition coefficient (Wildman–Crippen LogP) is 2.57. The molecule has 1 aromatic carbocycles. The lowest BCUT2D eigenvalue weighted by Crippen LogP contribution is -2.74. The Hall–Kier alpha value is -2.28. The zero-order valence-electron chi connectivity index (χ0n) is 18.7. The molecule has 2 unspecified atom stereocenters. The smallest absolute Gasteiger partial charge is 0.320 e. The fraction of sp³-hybridized carbons (Fsp3) is 0.667. The van der Waals surface area contributed by atoms with Gasteiger partial charge >= 0.3 is 6.03 Å². The van der Waals surface area contributed by atoms with E-state index in [1.54, 1.807) is 0 Å². The number of para-hydroxylation sites is 1. The van der Waals surface area contributed by atoms with Crippen LogP contribution >= 0.6 is 0 Å². The SMILES string of the molecule is Cc1ccccc1OC1CC2CN(C(=O)N3CC[C@]4(C)OCC(=O)N[C@]4(C)C3)CC2C1. The van der Waals surface area contributed by atoms with Crippen molar-refractivity contribution in [1.82, 2.24) is 15.1 Å². The van der Waals surface area contributed by atoms with Crippen LogP contribution in [0.25, 0.3) is 0 Å². The van der Waals surface area contributed by atoms with E-state index in [4.69, 9.17) is 9.47 Å². The van der Waals surface area contributed by atoms with E-state index in [2.05, 4.69) is 18.3 Å². The minimum absolute atomic E-state index is 0.0915. The molecule has 7 nitrogen and oxygen atoms in total. The highest BCUT2D eigenvalue weighted by Crippen LogP contribution is 2.42. The molecule has 0 spiro atoms. The van der Waals surface area contributed by atoms with Gasteiger partial charge in [-0.05, 0) is 63.5 Å². The van der Waals surface area contributed by atoms with Crippen molar-refractivity contribution in [2.75, 3.05) is 32.8 Å². The van der Waals surface area contributed by atoms with Crippen molar-refractivity contribution in [2.24, 2.45) is 11.8 Å². The van der Waals surface area contributed by atoms with Gasteiger partial charge in [0.1, 0.15) is 12.4 Å². The maximum Gasteiger partial charge on any atom is 0.320 e. The number of hydrogen-bond donors (Lipinski definition) is 1. The van der Waals surface area contributed by atoms with Crippen LogP contribution in [0.3, 0.4) is 0 Å². The average Bonchev–Trinajstić information content (AvgIpc) is 3.28. The summed E-state index contributed by atoms with van der Waals surface area (Å²) in [4.78, 5) is 29.2. The van der Waals surface area contributed by atoms with Crippen LogP contribution in [0, 0.1) is 18.8 Å². The third kappa shape index (κ3) is 3.56. The number of benzene rings is 1. The molecule has 3 heterocycles. The van der Waals surface area contributed by atoms with Crippen LogP contribution in [0.1, 0.15) is 38.7 Å². The predicted molar refractivity (Wildman–Crippen MR) is 116 cm³/mol. The number of ether oxygens (including phenoxy) is 2. The van der Waals surface area contributed by atoms with E-state index in [1.165, 1.54) is 5.56 Å². The molecule has 3 aliphatic heterocycles. The van der Waals surface area contributed by atoms with E-state index in [9.17, 15) is 9.59 Å². The number of carbonyl (C=O) groups is 2. The molecular formula is C24H33N3O4. The first-order chi connectivity index (χ1) is 14.8. The minimum Gasteiger partial charge on any atom is -0.490 e. The van der Waals surface area contributed by atoms with Crippen LogP contribution in [0.5, 0.6) is 5.75 Å². The number of amides is 3. The van der Waals surface area contributed by atoms with Crippen LogP contribution in [-0.4, -0.2) is 71.8 Å². The first-order valence-corrected chi connectivity index (χ1v) is 11.5. The number of likely N-dealkylation sites (tertiary alicyclic amines) is 2. The van der Waals surface area contributed by atoms with Gasteiger partial charge in [0.25, 0.3) is 0 Å². The van der Waals surface area contributed by atoms with Gasteiger partial charge in [0, 0.05) is 26.2 Å². The highest BCUT2D eigenvalue weighted by atomic mass is 16.5. The number of carbonyl (C=O) groups excluding carboxylic acids is 2. The fourth-order valence-corrected chi connectivity index (χ4v) is 5.95. The Morgan fingerprint density at radius 1 is 1.16 bits per heavy atom. The lowest BCUT2D eigenvalue weighted by Gasteiger charge is -2.55. The summed E-state index contributed by atoms with van der Waals surface area (Å²) < 4.78 is 12.2. The first kappa shape index (κ1) is 20.6. The third-order valence-electron chi connectivity index (χ3n) is 8.11. The van der Waals surface area contributed by atoms with Gasteiger partial charge in [-0.2, -0.15) is 0 Å². The second-order valence-corrected chi connectivity index (χ2v) is 10.3. The normalized spacial score (nSPS) is 37.3. The van der Waals surface area contributed by atoms with Gasteiger partial charge < -0.3 is 24.6 Å². The van der Waals surface area contributed by atoms with Gasteiger partial charge in [0.05, 0.1) is 17.2 Å². The van der Waals surface area contributed by atoms with Crippen molar-refractivity contribution < 1.29 is 19.1 Å². The number of nitrogens with one attached hydrogen (secondary N) is 1. The van der Waals surface area contributed by atoms with Gasteiger partial charge in [0.2, 0.25) is 5.91 Å². The monoisotopic (exact) mass is 427 g/mol. The molecule has 4 atom stereocenters. The number of fused-ring (bicyclic) bond motifs is 2. The molecule has 4 fully saturated rings. The molecule has 0 aromatic heterocycles. The minimum atomic E-state index is -0.557. The van der Waals surface area contributed by atoms with E-state index in [1.807, 2.05) is 41.8 Å². The van der Waals surface area contributed by atoms with Crippen LogP contribution in [-0.2, 0) is 9.53 Å². The number of morpholine rings is 1. The summed E-state index contributed by atoms with van der Waals surface area (Å²) in [5, 5.41) is 3.09. The summed E-state index contributed by atoms with van der Waals surface area (Å²) in [6, 6.07) is 8.26. The fourth-order valence-electron chi connectivity index (χ4n) is 5.95. The Labute approximate surface area is 184 Å². The standard InChI is InChI=1S/C24H33N3O4/c1-16-6-4-5-7-20(16)31-19-10-17-12-27(13-18(17)11-19)22(29)26-9-8-24(3)23(2,15-26)25-21(28)14-30-24/h4-7,17-19H,8-15H2,1-3H3,(H,25,28)/t17?,18?,19?,23-,24+/m1/s1. The molecule has 1 N–H and O–H groups in total. The molecule has 5 rings (SSSR count). The molecule has 4 aliphatic rings. The zero-order valence-corrected chi connectivity index (χ0v) is 18.7. The lowest BCUT2D eigenvalue weighted by atomic mass is 9.75. The van der Waals surface area contributed by atoms with Crippen LogP contribution in [0.15, 0.2) is 24.3 Å². The Balaban J connectivity index is 1.19. The van der Waals surface area contributed by atoms with E-state index < -0.39 is 11.1 Å². The molecule has 0 radical (unpaired) electrons. The molecule has 1 aromatic rings. The topological polar surface area (TPSA) is 71.1 Å². The largest absolute Gasteiger partial charge is 0.490 e. The van der Waals surface area contributed by atoms with E-state index in [-0.39, 0.29) is 24.6 Å². The summed E-state index contributed by atoms with van der Waals surface area (Å²) in [7, 11) is 0. The summed E-state index contributed by atoms with van der Waals surface area (Å²) >= 11 is 0. The van der Waals surface area contributed by atoms with Crippen LogP contribution < -0.4 is 10.1 Å². The quantitative estimate of drug-likeness (QED) is 0.788. The van der Waals surface area contributed by atoms with Crippen molar-refractivity contribution in [3.05, 3.63) is 29.8 Å². The van der Waals surface area contributed by atoms with Crippen molar-refractivity contribution >= 4 is 11.9 Å². The van der Waals surface area contributed by atoms with E-state index in [0.29, 0.717) is 24.9 Å². The second-order valence-electron chi connectivity index (χ2n) is 10.3. The van der Waals surface area contributed by atoms with E-state index in [0.717, 1.165) is 38.1 Å². The number of hydrogen-bond acceptors (Lipinski definition) is 4. The number of piperidine rings is 1. The van der Waals surface area contributed by atoms with Gasteiger partial charge in [-0.15, -0.1) is 0 Å². The summed E-state index contributed by atoms with van der Waals surface area (Å²) in [5.74, 6) is 1.87. The van der Waals surface area contributed by atoms with Crippen LogP contribution in [0.4, 0.5) is 4.79 Å². The molecule has 3 amide bonds.